The number of carbonyl (C=O) groups excluding carboxylic acids is 1. The summed E-state index contributed by atoms with van der Waals surface area (Å²) in [6.45, 7) is 0. The van der Waals surface area contributed by atoms with E-state index in [0.717, 1.165) is 5.56 Å². The summed E-state index contributed by atoms with van der Waals surface area (Å²) >= 11 is 6.06. The van der Waals surface area contributed by atoms with Gasteiger partial charge < -0.3 is 5.73 Å². The number of hydrogen-bond acceptors (Lipinski definition) is 2. The number of carbonyl (C=O) groups is 1. The quantitative estimate of drug-likeness (QED) is 0.853. The summed E-state index contributed by atoms with van der Waals surface area (Å²) in [5, 5.41) is 0.603. The third kappa shape index (κ3) is 2.97. The molecule has 0 fully saturated rings. The van der Waals surface area contributed by atoms with E-state index in [1.807, 2.05) is 36.4 Å². The van der Waals surface area contributed by atoms with Gasteiger partial charge in [0.25, 0.3) is 0 Å². The zero-order chi connectivity index (χ0) is 13.0. The molecule has 0 bridgehead atoms. The van der Waals surface area contributed by atoms with Crippen molar-refractivity contribution in [2.75, 3.05) is 0 Å². The molecule has 3 heteroatoms. The van der Waals surface area contributed by atoms with Gasteiger partial charge >= 0.3 is 0 Å². The molecular weight excluding hydrogens is 246 g/mol. The molecule has 92 valence electrons. The second-order valence-electron chi connectivity index (χ2n) is 4.12. The molecule has 0 aliphatic heterocycles. The molecule has 0 amide bonds. The predicted molar refractivity (Wildman–Crippen MR) is 73.8 cm³/mol. The van der Waals surface area contributed by atoms with Gasteiger partial charge in [-0.3, -0.25) is 4.79 Å². The molecule has 0 aliphatic rings. The first-order valence-electron chi connectivity index (χ1n) is 5.76. The van der Waals surface area contributed by atoms with Gasteiger partial charge in [0, 0.05) is 23.0 Å². The molecule has 2 N–H and O–H groups in total. The largest absolute Gasteiger partial charge is 0.324 e. The second kappa shape index (κ2) is 5.80. The summed E-state index contributed by atoms with van der Waals surface area (Å²) in [5.74, 6) is 0.0306. The van der Waals surface area contributed by atoms with Crippen LogP contribution in [-0.4, -0.2) is 5.78 Å². The number of rotatable bonds is 4. The molecule has 0 spiro atoms. The molecule has 0 radical (unpaired) electrons. The van der Waals surface area contributed by atoms with Crippen LogP contribution in [0.15, 0.2) is 54.6 Å². The van der Waals surface area contributed by atoms with Crippen molar-refractivity contribution >= 4 is 17.4 Å². The smallest absolute Gasteiger partial charge is 0.164 e. The minimum absolute atomic E-state index is 0.0306. The van der Waals surface area contributed by atoms with Crippen LogP contribution in [0, 0.1) is 0 Å². The van der Waals surface area contributed by atoms with Crippen LogP contribution in [0.5, 0.6) is 0 Å². The highest BCUT2D eigenvalue weighted by Crippen LogP contribution is 2.24. The van der Waals surface area contributed by atoms with E-state index >= 15 is 0 Å². The third-order valence-electron chi connectivity index (χ3n) is 2.81. The van der Waals surface area contributed by atoms with E-state index in [0.29, 0.717) is 10.6 Å². The van der Waals surface area contributed by atoms with Crippen molar-refractivity contribution in [3.8, 4) is 0 Å². The lowest BCUT2D eigenvalue weighted by Gasteiger charge is -2.12. The molecule has 0 saturated heterocycles. The van der Waals surface area contributed by atoms with E-state index < -0.39 is 0 Å². The molecule has 0 saturated carbocycles. The zero-order valence-corrected chi connectivity index (χ0v) is 10.6. The minimum Gasteiger partial charge on any atom is -0.324 e. The zero-order valence-electron chi connectivity index (χ0n) is 9.84. The highest BCUT2D eigenvalue weighted by Gasteiger charge is 2.15. The average molecular weight is 260 g/mol. The van der Waals surface area contributed by atoms with Crippen LogP contribution in [0.4, 0.5) is 0 Å². The summed E-state index contributed by atoms with van der Waals surface area (Å²) < 4.78 is 0. The van der Waals surface area contributed by atoms with Gasteiger partial charge in [-0.1, -0.05) is 60.1 Å². The van der Waals surface area contributed by atoms with Crippen molar-refractivity contribution in [3.63, 3.8) is 0 Å². The summed E-state index contributed by atoms with van der Waals surface area (Å²) in [6, 6.07) is 16.1. The Morgan fingerprint density at radius 3 is 2.33 bits per heavy atom. The minimum atomic E-state index is -0.369. The van der Waals surface area contributed by atoms with E-state index in [1.54, 1.807) is 18.2 Å². The van der Waals surface area contributed by atoms with Gasteiger partial charge in [-0.2, -0.15) is 0 Å². The number of halogens is 1. The lowest BCUT2D eigenvalue weighted by Crippen LogP contribution is -2.16. The fraction of sp³-hybridized carbons (Fsp3) is 0.133. The summed E-state index contributed by atoms with van der Waals surface area (Å²) in [6.07, 6.45) is 0.258. The Bertz CT molecular complexity index is 539. The Morgan fingerprint density at radius 2 is 1.67 bits per heavy atom. The standard InChI is InChI=1S/C15H14ClNO/c16-13-9-5-4-8-12(13)14(17)10-15(18)11-6-2-1-3-7-11/h1-9,14H,10,17H2. The highest BCUT2D eigenvalue weighted by molar-refractivity contribution is 6.31. The van der Waals surface area contributed by atoms with Crippen LogP contribution in [0.25, 0.3) is 0 Å². The third-order valence-corrected chi connectivity index (χ3v) is 3.15. The van der Waals surface area contributed by atoms with Gasteiger partial charge in [0.2, 0.25) is 0 Å². The van der Waals surface area contributed by atoms with Crippen molar-refractivity contribution in [1.29, 1.82) is 0 Å². The Balaban J connectivity index is 2.11. The summed E-state index contributed by atoms with van der Waals surface area (Å²) in [5.41, 5.74) is 7.52. The maximum Gasteiger partial charge on any atom is 0.164 e. The molecule has 2 aromatic carbocycles. The Morgan fingerprint density at radius 1 is 1.06 bits per heavy atom. The van der Waals surface area contributed by atoms with Crippen LogP contribution in [0.2, 0.25) is 5.02 Å². The Kier molecular flexibility index (Phi) is 4.13. The lowest BCUT2D eigenvalue weighted by atomic mass is 9.99. The number of Topliss-reactive ketones (excluding diaryl/α,β-unsaturated/α-hetero) is 1. The number of hydrogen-bond donors (Lipinski definition) is 1. The molecular formula is C15H14ClNO. The topological polar surface area (TPSA) is 43.1 Å². The van der Waals surface area contributed by atoms with E-state index in [9.17, 15) is 4.79 Å². The van der Waals surface area contributed by atoms with Crippen molar-refractivity contribution in [3.05, 3.63) is 70.7 Å². The molecule has 2 nitrogen and oxygen atoms in total. The maximum atomic E-state index is 12.0. The maximum absolute atomic E-state index is 12.0. The van der Waals surface area contributed by atoms with Crippen LogP contribution >= 0.6 is 11.6 Å². The fourth-order valence-corrected chi connectivity index (χ4v) is 2.10. The van der Waals surface area contributed by atoms with Gasteiger partial charge in [-0.05, 0) is 11.6 Å². The van der Waals surface area contributed by atoms with Crippen LogP contribution in [0.1, 0.15) is 28.4 Å². The monoisotopic (exact) mass is 259 g/mol. The van der Waals surface area contributed by atoms with Crippen molar-refractivity contribution in [1.82, 2.24) is 0 Å². The SMILES string of the molecule is NC(CC(=O)c1ccccc1)c1ccccc1Cl. The van der Waals surface area contributed by atoms with E-state index in [1.165, 1.54) is 0 Å². The van der Waals surface area contributed by atoms with Crippen molar-refractivity contribution < 1.29 is 4.79 Å². The van der Waals surface area contributed by atoms with Crippen LogP contribution in [-0.2, 0) is 0 Å². The molecule has 1 unspecified atom stereocenters. The molecule has 0 aliphatic carbocycles. The lowest BCUT2D eigenvalue weighted by molar-refractivity contribution is 0.0974. The first-order chi connectivity index (χ1) is 8.68. The van der Waals surface area contributed by atoms with Crippen molar-refractivity contribution in [2.45, 2.75) is 12.5 Å². The molecule has 2 aromatic rings. The molecule has 0 aromatic heterocycles. The molecule has 1 atom stereocenters. The van der Waals surface area contributed by atoms with E-state index in [4.69, 9.17) is 17.3 Å². The van der Waals surface area contributed by atoms with Gasteiger partial charge in [0.15, 0.2) is 5.78 Å². The van der Waals surface area contributed by atoms with Gasteiger partial charge in [-0.25, -0.2) is 0 Å². The highest BCUT2D eigenvalue weighted by atomic mass is 35.5. The number of ketones is 1. The predicted octanol–water partition coefficient (Wildman–Crippen LogP) is 3.61. The summed E-state index contributed by atoms with van der Waals surface area (Å²) in [7, 11) is 0. The van der Waals surface area contributed by atoms with Crippen LogP contribution in [0.3, 0.4) is 0 Å². The fourth-order valence-electron chi connectivity index (χ4n) is 1.83. The number of nitrogens with two attached hydrogens (primary N) is 1. The molecule has 2 rings (SSSR count). The Hall–Kier alpha value is -1.64. The van der Waals surface area contributed by atoms with E-state index in [-0.39, 0.29) is 18.2 Å². The van der Waals surface area contributed by atoms with Gasteiger partial charge in [-0.15, -0.1) is 0 Å². The first kappa shape index (κ1) is 12.8. The summed E-state index contributed by atoms with van der Waals surface area (Å²) in [4.78, 5) is 12.0. The average Bonchev–Trinajstić information content (AvgIpc) is 2.40. The van der Waals surface area contributed by atoms with Gasteiger partial charge in [0.1, 0.15) is 0 Å². The Labute approximate surface area is 111 Å². The normalized spacial score (nSPS) is 12.1. The van der Waals surface area contributed by atoms with Crippen LogP contribution < -0.4 is 5.73 Å². The molecule has 0 heterocycles. The molecule has 18 heavy (non-hydrogen) atoms. The number of benzene rings is 2. The van der Waals surface area contributed by atoms with E-state index in [2.05, 4.69) is 0 Å². The first-order valence-corrected chi connectivity index (χ1v) is 6.14. The second-order valence-corrected chi connectivity index (χ2v) is 4.53. The van der Waals surface area contributed by atoms with Gasteiger partial charge in [0.05, 0.1) is 0 Å². The van der Waals surface area contributed by atoms with Crippen molar-refractivity contribution in [2.24, 2.45) is 5.73 Å².